The Labute approximate surface area is 306 Å². The molecule has 1 N–H and O–H groups in total. The Bertz CT molecular complexity index is 1550. The predicted molar refractivity (Wildman–Crippen MR) is 170 cm³/mol. The van der Waals surface area contributed by atoms with Gasteiger partial charge in [-0.2, -0.15) is 6.61 Å². The number of hydrogen-bond donors (Lipinski definition) is 1. The van der Waals surface area contributed by atoms with Crippen molar-refractivity contribution in [2.75, 3.05) is 19.5 Å². The predicted octanol–water partition coefficient (Wildman–Crippen LogP) is 4.93. The number of phosphoric ester groups is 1. The Kier molecular flexibility index (Phi) is 15.6. The van der Waals surface area contributed by atoms with Crippen molar-refractivity contribution in [2.24, 2.45) is 5.41 Å². The third-order valence-corrected chi connectivity index (χ3v) is 9.88. The van der Waals surface area contributed by atoms with E-state index >= 15 is 0 Å². The molecule has 1 amide bonds. The number of hydrogen-bond acceptors (Lipinski definition) is 13. The van der Waals surface area contributed by atoms with Gasteiger partial charge in [-0.25, -0.2) is 17.8 Å². The number of rotatable bonds is 14. The SMILES string of the molecule is COP(=O)(Oc1ccc(COC(C)=O)cc1)OC1[C@H](NC(=O)OC(C)CS(=O)(=O)c2ccc(C)cc2)[CH-]O[C@@H]1COC(=O)C(C)(C)C.[HH].[U]. The van der Waals surface area contributed by atoms with Crippen LogP contribution in [0.5, 0.6) is 5.75 Å². The van der Waals surface area contributed by atoms with Gasteiger partial charge in [-0.05, 0) is 70.5 Å². The number of ether oxygens (including phenoxy) is 4. The van der Waals surface area contributed by atoms with Crippen molar-refractivity contribution in [1.82, 2.24) is 5.32 Å². The molecular formula is C31H43NO13PSU-. The molecule has 0 spiro atoms. The van der Waals surface area contributed by atoms with Crippen LogP contribution in [0.3, 0.4) is 0 Å². The summed E-state index contributed by atoms with van der Waals surface area (Å²) in [7, 11) is -7.08. The van der Waals surface area contributed by atoms with E-state index in [1.165, 1.54) is 44.7 Å². The summed E-state index contributed by atoms with van der Waals surface area (Å²) in [5.41, 5.74) is 0.703. The zero-order valence-electron chi connectivity index (χ0n) is 27.8. The minimum absolute atomic E-state index is 0. The zero-order chi connectivity index (χ0) is 35.0. The van der Waals surface area contributed by atoms with Gasteiger partial charge in [0.1, 0.15) is 25.1 Å². The van der Waals surface area contributed by atoms with Crippen molar-refractivity contribution in [3.63, 3.8) is 0 Å². The van der Waals surface area contributed by atoms with E-state index in [-0.39, 0.29) is 56.4 Å². The molecule has 3 unspecified atom stereocenters. The van der Waals surface area contributed by atoms with E-state index in [0.29, 0.717) is 5.56 Å². The molecule has 1 aliphatic rings. The summed E-state index contributed by atoms with van der Waals surface area (Å²) in [6, 6.07) is 11.3. The molecule has 5 atom stereocenters. The Balaban J connectivity index is 0.00000600. The van der Waals surface area contributed by atoms with E-state index in [9.17, 15) is 27.4 Å². The number of sulfone groups is 1. The molecule has 1 saturated heterocycles. The second kappa shape index (κ2) is 18.0. The number of esters is 2. The Morgan fingerprint density at radius 2 is 1.69 bits per heavy atom. The van der Waals surface area contributed by atoms with Gasteiger partial charge in [0, 0.05) is 46.6 Å². The first-order chi connectivity index (χ1) is 21.9. The number of nitrogens with one attached hydrogen (secondary N) is 1. The second-order valence-corrected chi connectivity index (χ2v) is 15.5. The Hall–Kier alpha value is -2.44. The molecule has 1 heterocycles. The first kappa shape index (κ1) is 41.7. The maximum atomic E-state index is 13.6. The fourth-order valence-electron chi connectivity index (χ4n) is 4.08. The summed E-state index contributed by atoms with van der Waals surface area (Å²) < 4.78 is 77.0. The van der Waals surface area contributed by atoms with Gasteiger partial charge in [-0.1, -0.05) is 29.8 Å². The number of aryl methyl sites for hydroxylation is 1. The minimum Gasteiger partial charge on any atom is -0.543 e. The molecule has 0 radical (unpaired) electrons. The fraction of sp³-hybridized carbons (Fsp3) is 0.484. The minimum atomic E-state index is -4.41. The summed E-state index contributed by atoms with van der Waals surface area (Å²) in [6.07, 6.45) is -4.41. The fourth-order valence-corrected chi connectivity index (χ4v) is 6.66. The van der Waals surface area contributed by atoms with Gasteiger partial charge in [0.25, 0.3) is 0 Å². The molecule has 3 rings (SSSR count). The molecule has 0 saturated carbocycles. The van der Waals surface area contributed by atoms with Gasteiger partial charge in [-0.3, -0.25) is 18.6 Å². The van der Waals surface area contributed by atoms with Crippen molar-refractivity contribution in [1.29, 1.82) is 0 Å². The van der Waals surface area contributed by atoms with Gasteiger partial charge >= 0.3 is 25.9 Å². The zero-order valence-corrected chi connectivity index (χ0v) is 33.7. The second-order valence-electron chi connectivity index (χ2n) is 11.9. The molecule has 2 aromatic carbocycles. The Morgan fingerprint density at radius 3 is 2.25 bits per heavy atom. The summed E-state index contributed by atoms with van der Waals surface area (Å²) >= 11 is 0. The van der Waals surface area contributed by atoms with Crippen LogP contribution in [0, 0.1) is 50.1 Å². The van der Waals surface area contributed by atoms with E-state index < -0.39 is 71.2 Å². The van der Waals surface area contributed by atoms with Crippen LogP contribution in [0.1, 0.15) is 47.2 Å². The molecule has 0 bridgehead atoms. The van der Waals surface area contributed by atoms with E-state index in [4.69, 9.17) is 32.5 Å². The van der Waals surface area contributed by atoms with Crippen LogP contribution in [-0.4, -0.2) is 70.3 Å². The quantitative estimate of drug-likeness (QED) is 0.117. The topological polar surface area (TPSA) is 179 Å². The molecule has 2 aromatic rings. The molecule has 1 aliphatic heterocycles. The van der Waals surface area contributed by atoms with E-state index in [0.717, 1.165) is 12.7 Å². The van der Waals surface area contributed by atoms with Crippen molar-refractivity contribution < 1.29 is 92.4 Å². The van der Waals surface area contributed by atoms with Crippen LogP contribution in [0.4, 0.5) is 4.79 Å². The summed E-state index contributed by atoms with van der Waals surface area (Å²) in [5.74, 6) is -1.38. The van der Waals surface area contributed by atoms with E-state index in [1.54, 1.807) is 45.0 Å². The number of amides is 1. The van der Waals surface area contributed by atoms with Crippen LogP contribution in [0.15, 0.2) is 53.4 Å². The smallest absolute Gasteiger partial charge is 0.530 e. The van der Waals surface area contributed by atoms with Crippen molar-refractivity contribution >= 4 is 35.7 Å². The monoisotopic (exact) mass is 938 g/mol. The van der Waals surface area contributed by atoms with Crippen LogP contribution in [-0.2, 0) is 58.6 Å². The summed E-state index contributed by atoms with van der Waals surface area (Å²) in [5, 5.41) is 2.51. The molecule has 266 valence electrons. The molecule has 0 aromatic heterocycles. The molecule has 17 heteroatoms. The largest absolute Gasteiger partial charge is 0.543 e. The third kappa shape index (κ3) is 12.8. The van der Waals surface area contributed by atoms with Gasteiger partial charge in [-0.15, -0.1) is 0 Å². The number of carbonyl (C=O) groups is 3. The number of benzene rings is 2. The molecule has 0 aliphatic carbocycles. The average Bonchev–Trinajstić information content (AvgIpc) is 3.34. The van der Waals surface area contributed by atoms with Crippen molar-refractivity contribution in [2.45, 2.75) is 77.4 Å². The Morgan fingerprint density at radius 1 is 1.06 bits per heavy atom. The third-order valence-electron chi connectivity index (χ3n) is 6.60. The first-order valence-electron chi connectivity index (χ1n) is 14.6. The summed E-state index contributed by atoms with van der Waals surface area (Å²) in [6.45, 7) is 10.4. The number of phosphoric acid groups is 1. The molecule has 14 nitrogen and oxygen atoms in total. The van der Waals surface area contributed by atoms with Crippen LogP contribution < -0.4 is 9.84 Å². The van der Waals surface area contributed by atoms with Crippen molar-refractivity contribution in [3.05, 3.63) is 66.3 Å². The van der Waals surface area contributed by atoms with Gasteiger partial charge in [0.15, 0.2) is 9.84 Å². The maximum Gasteiger partial charge on any atom is 0.530 e. The standard InChI is InChI=1S/C31H41NO13PS.U.H2/c1-20-8-14-25(15-9-20)47(37,38)19-21(2)43-30(35)32-26-17-41-27(18-42-29(34)31(4,5)6)28(26)45-46(36,39-7)44-24-12-10-23(11-13-24)16-40-22(3)33;;/h8-15,17,21,26-28H,16,18-19H2,1-7H3,(H,32,35);;1H/q-1;;/t21?,26-,27-,28?,46?;;/m1../s1. The maximum absolute atomic E-state index is 13.6. The normalized spacial score (nSPS) is 19.6. The average molecular weight is 939 g/mol. The molecular weight excluding hydrogens is 895 g/mol. The van der Waals surface area contributed by atoms with Crippen molar-refractivity contribution in [3.8, 4) is 5.75 Å². The number of alkyl carbamates (subject to hydrolysis) is 1. The first-order valence-corrected chi connectivity index (χ1v) is 17.7. The van der Waals surface area contributed by atoms with Gasteiger partial charge in [0.05, 0.1) is 28.3 Å². The van der Waals surface area contributed by atoms with E-state index in [1.807, 2.05) is 6.92 Å². The molecule has 48 heavy (non-hydrogen) atoms. The summed E-state index contributed by atoms with van der Waals surface area (Å²) in [4.78, 5) is 36.5. The van der Waals surface area contributed by atoms with Crippen LogP contribution in [0.25, 0.3) is 0 Å². The van der Waals surface area contributed by atoms with E-state index in [2.05, 4.69) is 5.32 Å². The van der Waals surface area contributed by atoms with Gasteiger partial charge < -0.3 is 28.8 Å². The van der Waals surface area contributed by atoms with Gasteiger partial charge in [0.2, 0.25) is 0 Å². The van der Waals surface area contributed by atoms with Crippen LogP contribution >= 0.6 is 7.82 Å². The van der Waals surface area contributed by atoms with Crippen LogP contribution in [0.2, 0.25) is 0 Å². The molecule has 1 fully saturated rings. The number of carbonyl (C=O) groups excluding carboxylic acids is 3.